The second kappa shape index (κ2) is 12.6. The fourth-order valence-electron chi connectivity index (χ4n) is 8.51. The molecular weight excluding hydrogens is 717 g/mol. The van der Waals surface area contributed by atoms with Crippen LogP contribution in [0.15, 0.2) is 186 Å². The van der Waals surface area contributed by atoms with E-state index in [1.165, 1.54) is 47.7 Å². The summed E-state index contributed by atoms with van der Waals surface area (Å²) in [6, 6.07) is 63.6. The zero-order valence-corrected chi connectivity index (χ0v) is 31.2. The average Bonchev–Trinajstić information content (AvgIpc) is 3.97. The molecule has 0 saturated carbocycles. The first-order valence-corrected chi connectivity index (χ1v) is 19.8. The molecule has 0 N–H and O–H groups in total. The van der Waals surface area contributed by atoms with Crippen LogP contribution >= 0.6 is 11.3 Å². The third-order valence-corrected chi connectivity index (χ3v) is 12.4. The van der Waals surface area contributed by atoms with Crippen molar-refractivity contribution in [1.29, 1.82) is 0 Å². The van der Waals surface area contributed by atoms with E-state index in [9.17, 15) is 0 Å². The molecule has 0 radical (unpaired) electrons. The predicted octanol–water partition coefficient (Wildman–Crippen LogP) is 13.9. The highest BCUT2D eigenvalue weighted by atomic mass is 32.1. The first kappa shape index (κ1) is 31.9. The van der Waals surface area contributed by atoms with Crippen LogP contribution in [-0.2, 0) is 0 Å². The maximum absolute atomic E-state index is 7.02. The van der Waals surface area contributed by atoms with Gasteiger partial charge in [0.2, 0.25) is 0 Å². The molecule has 0 saturated heterocycles. The topological polar surface area (TPSA) is 56.7 Å². The fraction of sp³-hybridized carbons (Fsp3) is 0. The second-order valence-electron chi connectivity index (χ2n) is 14.3. The van der Waals surface area contributed by atoms with E-state index in [1.807, 2.05) is 78.1 Å². The van der Waals surface area contributed by atoms with Crippen molar-refractivity contribution in [2.24, 2.45) is 0 Å². The van der Waals surface area contributed by atoms with Crippen molar-refractivity contribution in [3.63, 3.8) is 0 Å². The van der Waals surface area contributed by atoms with Crippen LogP contribution in [0.2, 0.25) is 0 Å². The number of para-hydroxylation sites is 4. The van der Waals surface area contributed by atoms with Crippen LogP contribution in [0.1, 0.15) is 0 Å². The standard InChI is InChI=1S/C51H30N4OS/c1-3-15-31(16-4-1)49-52-50(32-17-5-2-6-18-32)54-51(53-49)41-27-12-22-36-35-21-11-23-37(45(35)56-46(36)41)38-24-13-25-39-40-26-14-30-44(48(40)57-47(38)39)55-42-28-9-7-19-33(42)34-20-8-10-29-43(34)55/h1-30H. The number of hydrogen-bond donors (Lipinski definition) is 0. The number of thiophene rings is 1. The summed E-state index contributed by atoms with van der Waals surface area (Å²) in [5, 5.41) is 7.06. The molecule has 12 aromatic rings. The Morgan fingerprint density at radius 1 is 0.351 bits per heavy atom. The zero-order chi connectivity index (χ0) is 37.5. The second-order valence-corrected chi connectivity index (χ2v) is 15.3. The molecule has 5 nitrogen and oxygen atoms in total. The fourth-order valence-corrected chi connectivity index (χ4v) is 9.84. The van der Waals surface area contributed by atoms with Gasteiger partial charge in [0.1, 0.15) is 11.2 Å². The maximum Gasteiger partial charge on any atom is 0.167 e. The predicted molar refractivity (Wildman–Crippen MR) is 236 cm³/mol. The summed E-state index contributed by atoms with van der Waals surface area (Å²) in [4.78, 5) is 15.0. The number of rotatable bonds is 5. The van der Waals surface area contributed by atoms with Crippen molar-refractivity contribution in [2.45, 2.75) is 0 Å². The molecule has 0 aliphatic carbocycles. The van der Waals surface area contributed by atoms with E-state index in [2.05, 4.69) is 120 Å². The van der Waals surface area contributed by atoms with Crippen LogP contribution in [0.25, 0.3) is 115 Å². The molecule has 0 aliphatic rings. The lowest BCUT2D eigenvalue weighted by atomic mass is 10.00. The molecule has 0 unspecified atom stereocenters. The smallest absolute Gasteiger partial charge is 0.167 e. The van der Waals surface area contributed by atoms with Crippen LogP contribution in [0, 0.1) is 0 Å². The third kappa shape index (κ3) is 4.91. The van der Waals surface area contributed by atoms with Crippen molar-refractivity contribution >= 4 is 75.3 Å². The van der Waals surface area contributed by atoms with Crippen molar-refractivity contribution in [3.8, 4) is 51.0 Å². The van der Waals surface area contributed by atoms with E-state index >= 15 is 0 Å². The Morgan fingerprint density at radius 3 is 1.44 bits per heavy atom. The molecule has 0 spiro atoms. The minimum atomic E-state index is 0.568. The molecule has 8 aromatic carbocycles. The van der Waals surface area contributed by atoms with E-state index < -0.39 is 0 Å². The highest BCUT2D eigenvalue weighted by Gasteiger charge is 2.22. The highest BCUT2D eigenvalue weighted by molar-refractivity contribution is 7.26. The molecule has 0 fully saturated rings. The average molecular weight is 747 g/mol. The Kier molecular flexibility index (Phi) is 7.03. The summed E-state index contributed by atoms with van der Waals surface area (Å²) in [7, 11) is 0. The van der Waals surface area contributed by atoms with Gasteiger partial charge >= 0.3 is 0 Å². The molecule has 12 rings (SSSR count). The van der Waals surface area contributed by atoms with E-state index in [0.717, 1.165) is 49.8 Å². The molecule has 0 amide bonds. The van der Waals surface area contributed by atoms with E-state index in [0.29, 0.717) is 17.5 Å². The van der Waals surface area contributed by atoms with Gasteiger partial charge in [-0.3, -0.25) is 0 Å². The minimum Gasteiger partial charge on any atom is -0.455 e. The number of aromatic nitrogens is 4. The SMILES string of the molecule is c1ccc(-c2nc(-c3ccccc3)nc(-c3cccc4c3oc3c(-c5cccc6c5sc5c(-n7c8ccccc8c8ccccc87)cccc56)cccc34)n2)cc1. The molecule has 0 aliphatic heterocycles. The Balaban J connectivity index is 1.07. The largest absolute Gasteiger partial charge is 0.455 e. The Labute approximate surface area is 330 Å². The molecule has 266 valence electrons. The Morgan fingerprint density at radius 2 is 0.807 bits per heavy atom. The number of furan rings is 1. The third-order valence-electron chi connectivity index (χ3n) is 11.1. The van der Waals surface area contributed by atoms with Gasteiger partial charge in [-0.15, -0.1) is 11.3 Å². The molecular formula is C51H30N4OS. The van der Waals surface area contributed by atoms with E-state index in [4.69, 9.17) is 19.4 Å². The molecule has 6 heteroatoms. The van der Waals surface area contributed by atoms with Crippen LogP contribution in [0.3, 0.4) is 0 Å². The molecule has 0 atom stereocenters. The van der Waals surface area contributed by atoms with Crippen molar-refractivity contribution in [2.75, 3.05) is 0 Å². The zero-order valence-electron chi connectivity index (χ0n) is 30.4. The monoisotopic (exact) mass is 746 g/mol. The molecule has 4 aromatic heterocycles. The van der Waals surface area contributed by atoms with Crippen molar-refractivity contribution in [1.82, 2.24) is 19.5 Å². The maximum atomic E-state index is 7.02. The van der Waals surface area contributed by atoms with Gasteiger partial charge in [0.05, 0.1) is 27.0 Å². The summed E-state index contributed by atoms with van der Waals surface area (Å²) >= 11 is 1.85. The van der Waals surface area contributed by atoms with Crippen LogP contribution in [-0.4, -0.2) is 19.5 Å². The highest BCUT2D eigenvalue weighted by Crippen LogP contribution is 2.46. The number of hydrogen-bond acceptors (Lipinski definition) is 5. The van der Waals surface area contributed by atoms with Crippen molar-refractivity contribution in [3.05, 3.63) is 182 Å². The number of nitrogens with zero attached hydrogens (tertiary/aromatic N) is 4. The first-order chi connectivity index (χ1) is 28.3. The van der Waals surface area contributed by atoms with Crippen LogP contribution < -0.4 is 0 Å². The molecule has 57 heavy (non-hydrogen) atoms. The van der Waals surface area contributed by atoms with Gasteiger partial charge in [-0.2, -0.15) is 0 Å². The van der Waals surface area contributed by atoms with Crippen molar-refractivity contribution < 1.29 is 4.42 Å². The summed E-state index contributed by atoms with van der Waals surface area (Å²) in [6.07, 6.45) is 0. The van der Waals surface area contributed by atoms with Gasteiger partial charge in [-0.05, 0) is 24.3 Å². The lowest BCUT2D eigenvalue weighted by Gasteiger charge is -2.09. The summed E-state index contributed by atoms with van der Waals surface area (Å²) < 4.78 is 11.9. The van der Waals surface area contributed by atoms with Crippen LogP contribution in [0.5, 0.6) is 0 Å². The summed E-state index contributed by atoms with van der Waals surface area (Å²) in [6.45, 7) is 0. The van der Waals surface area contributed by atoms with Gasteiger partial charge < -0.3 is 8.98 Å². The van der Waals surface area contributed by atoms with Gasteiger partial charge in [0.15, 0.2) is 17.5 Å². The first-order valence-electron chi connectivity index (χ1n) is 19.0. The quantitative estimate of drug-likeness (QED) is 0.176. The van der Waals surface area contributed by atoms with Gasteiger partial charge in [-0.25, -0.2) is 15.0 Å². The normalized spacial score (nSPS) is 11.9. The molecule has 0 bridgehead atoms. The lowest BCUT2D eigenvalue weighted by molar-refractivity contribution is 0.670. The van der Waals surface area contributed by atoms with E-state index in [1.54, 1.807) is 0 Å². The number of benzene rings is 8. The minimum absolute atomic E-state index is 0.568. The summed E-state index contributed by atoms with van der Waals surface area (Å²) in [5.41, 5.74) is 10.1. The Hall–Kier alpha value is -7.41. The van der Waals surface area contributed by atoms with Gasteiger partial charge in [0, 0.05) is 59.3 Å². The van der Waals surface area contributed by atoms with E-state index in [-0.39, 0.29) is 0 Å². The van der Waals surface area contributed by atoms with Crippen LogP contribution in [0.4, 0.5) is 0 Å². The summed E-state index contributed by atoms with van der Waals surface area (Å²) in [5.74, 6) is 1.80. The number of fused-ring (bicyclic) bond motifs is 9. The Bertz CT molecular complexity index is 3420. The van der Waals surface area contributed by atoms with Gasteiger partial charge in [-0.1, -0.05) is 158 Å². The molecule has 4 heterocycles. The van der Waals surface area contributed by atoms with Gasteiger partial charge in [0.25, 0.3) is 0 Å². The lowest BCUT2D eigenvalue weighted by Crippen LogP contribution is -2.00.